The maximum Gasteiger partial charge on any atom is 0.226 e. The second kappa shape index (κ2) is 6.84. The van der Waals surface area contributed by atoms with Crippen molar-refractivity contribution in [2.24, 2.45) is 0 Å². The third-order valence-corrected chi connectivity index (χ3v) is 4.05. The van der Waals surface area contributed by atoms with Gasteiger partial charge in [-0.15, -0.1) is 0 Å². The van der Waals surface area contributed by atoms with Crippen molar-refractivity contribution in [1.29, 1.82) is 0 Å². The number of nitrogens with one attached hydrogen (secondary N) is 1. The number of rotatable bonds is 3. The lowest BCUT2D eigenvalue weighted by Gasteiger charge is -2.32. The fourth-order valence-electron chi connectivity index (χ4n) is 2.88. The van der Waals surface area contributed by atoms with Gasteiger partial charge in [0, 0.05) is 19.2 Å². The van der Waals surface area contributed by atoms with Gasteiger partial charge in [0.2, 0.25) is 11.8 Å². The molecule has 25 heavy (non-hydrogen) atoms. The van der Waals surface area contributed by atoms with Crippen molar-refractivity contribution in [2.45, 2.75) is 19.4 Å². The van der Waals surface area contributed by atoms with Crippen LogP contribution in [0.25, 0.3) is 6.08 Å². The normalized spacial score (nSPS) is 15.6. The number of carbonyl (C=O) groups is 2. The Morgan fingerprint density at radius 2 is 1.92 bits per heavy atom. The van der Waals surface area contributed by atoms with Crippen molar-refractivity contribution in [3.05, 3.63) is 71.4 Å². The number of hydrogen-bond acceptors (Lipinski definition) is 2. The highest BCUT2D eigenvalue weighted by atomic mass is 19.1. The van der Waals surface area contributed by atoms with Crippen LogP contribution < -0.4 is 5.32 Å². The quantitative estimate of drug-likeness (QED) is 0.921. The first-order valence-electron chi connectivity index (χ1n) is 7.76. The summed E-state index contributed by atoms with van der Waals surface area (Å²) in [4.78, 5) is 25.7. The van der Waals surface area contributed by atoms with E-state index >= 15 is 0 Å². The Hall–Kier alpha value is -3.02. The SMILES string of the molecule is CC(=O)N1C=Cc2ccccc2[C@@H]1CC(=O)Nc1ccc(F)cc1F. The summed E-state index contributed by atoms with van der Waals surface area (Å²) in [5.74, 6) is -2.23. The fraction of sp³-hybridized carbons (Fsp3) is 0.158. The van der Waals surface area contributed by atoms with E-state index in [1.54, 1.807) is 6.20 Å². The third kappa shape index (κ3) is 3.57. The molecule has 0 unspecified atom stereocenters. The van der Waals surface area contributed by atoms with Gasteiger partial charge >= 0.3 is 0 Å². The summed E-state index contributed by atoms with van der Waals surface area (Å²) in [6, 6.07) is 9.91. The molecule has 0 bridgehead atoms. The standard InChI is InChI=1S/C19H16F2N2O2/c1-12(24)23-9-8-13-4-2-3-5-15(13)18(23)11-19(25)22-17-7-6-14(20)10-16(17)21/h2-10,18H,11H2,1H3,(H,22,25)/t18-/m0/s1. The van der Waals surface area contributed by atoms with E-state index in [1.165, 1.54) is 17.9 Å². The van der Waals surface area contributed by atoms with Crippen LogP contribution in [-0.2, 0) is 9.59 Å². The first-order chi connectivity index (χ1) is 12.0. The second-order valence-corrected chi connectivity index (χ2v) is 5.76. The highest BCUT2D eigenvalue weighted by Gasteiger charge is 2.28. The van der Waals surface area contributed by atoms with Crippen molar-refractivity contribution in [1.82, 2.24) is 4.90 Å². The van der Waals surface area contributed by atoms with Crippen LogP contribution in [0.3, 0.4) is 0 Å². The van der Waals surface area contributed by atoms with Crippen LogP contribution in [0.5, 0.6) is 0 Å². The van der Waals surface area contributed by atoms with Crippen molar-refractivity contribution in [2.75, 3.05) is 5.32 Å². The van der Waals surface area contributed by atoms with E-state index in [2.05, 4.69) is 5.32 Å². The second-order valence-electron chi connectivity index (χ2n) is 5.76. The molecule has 2 amide bonds. The topological polar surface area (TPSA) is 49.4 Å². The zero-order chi connectivity index (χ0) is 18.0. The molecule has 1 aliphatic heterocycles. The van der Waals surface area contributed by atoms with Gasteiger partial charge in [0.05, 0.1) is 18.2 Å². The zero-order valence-corrected chi connectivity index (χ0v) is 13.5. The van der Waals surface area contributed by atoms with Crippen LogP contribution in [-0.4, -0.2) is 16.7 Å². The number of fused-ring (bicyclic) bond motifs is 1. The lowest BCUT2D eigenvalue weighted by molar-refractivity contribution is -0.129. The van der Waals surface area contributed by atoms with Crippen LogP contribution in [0.2, 0.25) is 0 Å². The Morgan fingerprint density at radius 3 is 2.64 bits per heavy atom. The smallest absolute Gasteiger partial charge is 0.226 e. The Morgan fingerprint density at radius 1 is 1.16 bits per heavy atom. The predicted octanol–water partition coefficient (Wildman–Crippen LogP) is 3.87. The molecular formula is C19H16F2N2O2. The van der Waals surface area contributed by atoms with Crippen LogP contribution in [0, 0.1) is 11.6 Å². The Bertz CT molecular complexity index is 864. The summed E-state index contributed by atoms with van der Waals surface area (Å²) in [6.07, 6.45) is 3.41. The largest absolute Gasteiger partial charge is 0.324 e. The number of halogens is 2. The van der Waals surface area contributed by atoms with Crippen molar-refractivity contribution >= 4 is 23.6 Å². The molecule has 0 saturated heterocycles. The average Bonchev–Trinajstić information content (AvgIpc) is 2.57. The van der Waals surface area contributed by atoms with Gasteiger partial charge in [0.15, 0.2) is 0 Å². The molecule has 2 aromatic rings. The van der Waals surface area contributed by atoms with E-state index in [0.717, 1.165) is 17.2 Å². The molecule has 1 heterocycles. The Balaban J connectivity index is 1.82. The Kier molecular flexibility index (Phi) is 4.61. The summed E-state index contributed by atoms with van der Waals surface area (Å²) in [6.45, 7) is 1.42. The third-order valence-electron chi connectivity index (χ3n) is 4.05. The van der Waals surface area contributed by atoms with E-state index in [0.29, 0.717) is 6.07 Å². The number of anilines is 1. The highest BCUT2D eigenvalue weighted by molar-refractivity contribution is 5.92. The number of nitrogens with zero attached hydrogens (tertiary/aromatic N) is 1. The molecule has 2 aromatic carbocycles. The van der Waals surface area contributed by atoms with Crippen LogP contribution in [0.15, 0.2) is 48.7 Å². The fourth-order valence-corrected chi connectivity index (χ4v) is 2.88. The van der Waals surface area contributed by atoms with Gasteiger partial charge < -0.3 is 10.2 Å². The zero-order valence-electron chi connectivity index (χ0n) is 13.5. The van der Waals surface area contributed by atoms with Gasteiger partial charge in [-0.05, 0) is 29.3 Å². The van der Waals surface area contributed by atoms with Crippen molar-refractivity contribution in [3.8, 4) is 0 Å². The molecule has 0 spiro atoms. The van der Waals surface area contributed by atoms with E-state index in [4.69, 9.17) is 0 Å². The molecule has 0 saturated carbocycles. The number of carbonyl (C=O) groups excluding carboxylic acids is 2. The summed E-state index contributed by atoms with van der Waals surface area (Å²) >= 11 is 0. The summed E-state index contributed by atoms with van der Waals surface area (Å²) in [5, 5.41) is 2.43. The van der Waals surface area contributed by atoms with Crippen molar-refractivity contribution < 1.29 is 18.4 Å². The van der Waals surface area contributed by atoms with Gasteiger partial charge in [-0.2, -0.15) is 0 Å². The molecule has 1 aliphatic rings. The van der Waals surface area contributed by atoms with E-state index in [1.807, 2.05) is 30.3 Å². The predicted molar refractivity (Wildman–Crippen MR) is 90.3 cm³/mol. The molecular weight excluding hydrogens is 326 g/mol. The molecule has 0 fully saturated rings. The molecule has 128 valence electrons. The monoisotopic (exact) mass is 342 g/mol. The van der Waals surface area contributed by atoms with E-state index < -0.39 is 23.6 Å². The number of amides is 2. The summed E-state index contributed by atoms with van der Waals surface area (Å²) in [5.41, 5.74) is 1.67. The van der Waals surface area contributed by atoms with Gasteiger partial charge in [0.1, 0.15) is 11.6 Å². The molecule has 6 heteroatoms. The average molecular weight is 342 g/mol. The molecule has 3 rings (SSSR count). The molecule has 0 aliphatic carbocycles. The van der Waals surface area contributed by atoms with Crippen LogP contribution in [0.4, 0.5) is 14.5 Å². The minimum Gasteiger partial charge on any atom is -0.324 e. The maximum atomic E-state index is 13.7. The van der Waals surface area contributed by atoms with Crippen molar-refractivity contribution in [3.63, 3.8) is 0 Å². The summed E-state index contributed by atoms with van der Waals surface area (Å²) in [7, 11) is 0. The summed E-state index contributed by atoms with van der Waals surface area (Å²) < 4.78 is 26.7. The molecule has 1 N–H and O–H groups in total. The maximum absolute atomic E-state index is 13.7. The number of benzene rings is 2. The minimum absolute atomic E-state index is 0.0439. The van der Waals surface area contributed by atoms with E-state index in [9.17, 15) is 18.4 Å². The Labute approximate surface area is 143 Å². The van der Waals surface area contributed by atoms with Gasteiger partial charge in [-0.3, -0.25) is 9.59 Å². The highest BCUT2D eigenvalue weighted by Crippen LogP contribution is 2.33. The molecule has 0 aromatic heterocycles. The molecule has 1 atom stereocenters. The van der Waals surface area contributed by atoms with Gasteiger partial charge in [-0.1, -0.05) is 24.3 Å². The van der Waals surface area contributed by atoms with Crippen LogP contribution >= 0.6 is 0 Å². The first-order valence-corrected chi connectivity index (χ1v) is 7.76. The molecule has 4 nitrogen and oxygen atoms in total. The number of hydrogen-bond donors (Lipinski definition) is 1. The van der Waals surface area contributed by atoms with Gasteiger partial charge in [-0.25, -0.2) is 8.78 Å². The first kappa shape index (κ1) is 16.8. The lowest BCUT2D eigenvalue weighted by atomic mass is 9.93. The van der Waals surface area contributed by atoms with Gasteiger partial charge in [0.25, 0.3) is 0 Å². The minimum atomic E-state index is -0.847. The van der Waals surface area contributed by atoms with Crippen LogP contribution in [0.1, 0.15) is 30.5 Å². The lowest BCUT2D eigenvalue weighted by Crippen LogP contribution is -2.33. The molecule has 0 radical (unpaired) electrons. The van der Waals surface area contributed by atoms with E-state index in [-0.39, 0.29) is 18.0 Å².